The summed E-state index contributed by atoms with van der Waals surface area (Å²) >= 11 is 7.16. The largest absolute Gasteiger partial charge is 0.396 e. The van der Waals surface area contributed by atoms with Crippen LogP contribution in [0.15, 0.2) is 12.1 Å². The molecule has 0 saturated carbocycles. The highest BCUT2D eigenvalue weighted by atomic mass is 35.5. The Morgan fingerprint density at radius 2 is 2.12 bits per heavy atom. The number of aliphatic hydroxyl groups is 1. The molecular weight excluding hydrogens is 282 g/mol. The van der Waals surface area contributed by atoms with Crippen molar-refractivity contribution in [2.24, 2.45) is 0 Å². The molecule has 1 N–H and O–H groups in total. The highest BCUT2D eigenvalue weighted by Gasteiger charge is 2.18. The van der Waals surface area contributed by atoms with Crippen molar-refractivity contribution in [3.63, 3.8) is 0 Å². The van der Waals surface area contributed by atoms with Crippen molar-refractivity contribution in [1.82, 2.24) is 4.31 Å². The molecular formula is C10H16ClNO3S2. The van der Waals surface area contributed by atoms with Crippen LogP contribution in [0.3, 0.4) is 0 Å². The molecule has 0 unspecified atom stereocenters. The molecule has 0 fully saturated rings. The molecule has 1 rings (SSSR count). The third-order valence-electron chi connectivity index (χ3n) is 2.29. The van der Waals surface area contributed by atoms with Gasteiger partial charge in [0.2, 0.25) is 10.0 Å². The van der Waals surface area contributed by atoms with Gasteiger partial charge in [-0.25, -0.2) is 8.42 Å². The quantitative estimate of drug-likeness (QED) is 0.783. The third kappa shape index (κ3) is 4.93. The zero-order valence-electron chi connectivity index (χ0n) is 9.60. The van der Waals surface area contributed by atoms with Gasteiger partial charge < -0.3 is 5.11 Å². The molecule has 1 aromatic heterocycles. The first-order valence-corrected chi connectivity index (χ1v) is 8.05. The van der Waals surface area contributed by atoms with Gasteiger partial charge in [0.25, 0.3) is 0 Å². The minimum Gasteiger partial charge on any atom is -0.396 e. The van der Waals surface area contributed by atoms with Crippen molar-refractivity contribution >= 4 is 33.0 Å². The average Bonchev–Trinajstić information content (AvgIpc) is 2.64. The molecule has 0 saturated heterocycles. The van der Waals surface area contributed by atoms with Gasteiger partial charge in [-0.1, -0.05) is 11.6 Å². The van der Waals surface area contributed by atoms with E-state index in [-0.39, 0.29) is 12.4 Å². The number of aliphatic hydroxyl groups excluding tert-OH is 1. The summed E-state index contributed by atoms with van der Waals surface area (Å²) in [6.45, 7) is 0.374. The van der Waals surface area contributed by atoms with Crippen molar-refractivity contribution in [3.05, 3.63) is 21.3 Å². The van der Waals surface area contributed by atoms with Crippen LogP contribution >= 0.6 is 22.9 Å². The normalized spacial score (nSPS) is 12.2. The van der Waals surface area contributed by atoms with Crippen LogP contribution in [0, 0.1) is 0 Å². The summed E-state index contributed by atoms with van der Waals surface area (Å²) in [5.41, 5.74) is 0. The summed E-state index contributed by atoms with van der Waals surface area (Å²) in [5, 5.41) is 8.62. The number of hydrogen-bond acceptors (Lipinski definition) is 4. The Kier molecular flexibility index (Phi) is 5.88. The lowest BCUT2D eigenvalue weighted by molar-refractivity contribution is 0.287. The standard InChI is InChI=1S/C10H16ClNO3S2/c1-12(8-9-4-5-10(11)16-9)17(14,15)7-3-2-6-13/h4-5,13H,2-3,6-8H2,1H3. The van der Waals surface area contributed by atoms with E-state index in [1.807, 2.05) is 6.07 Å². The van der Waals surface area contributed by atoms with E-state index >= 15 is 0 Å². The first kappa shape index (κ1) is 14.9. The van der Waals surface area contributed by atoms with Crippen molar-refractivity contribution in [1.29, 1.82) is 0 Å². The van der Waals surface area contributed by atoms with Gasteiger partial charge in [0.1, 0.15) is 0 Å². The molecule has 0 radical (unpaired) electrons. The number of hydrogen-bond donors (Lipinski definition) is 1. The Balaban J connectivity index is 2.53. The van der Waals surface area contributed by atoms with E-state index in [4.69, 9.17) is 16.7 Å². The summed E-state index contributed by atoms with van der Waals surface area (Å²) in [7, 11) is -1.68. The molecule has 0 atom stereocenters. The van der Waals surface area contributed by atoms with Crippen LogP contribution < -0.4 is 0 Å². The molecule has 0 spiro atoms. The predicted molar refractivity (Wildman–Crippen MR) is 70.9 cm³/mol. The second kappa shape index (κ2) is 6.70. The van der Waals surface area contributed by atoms with Crippen molar-refractivity contribution in [2.45, 2.75) is 19.4 Å². The van der Waals surface area contributed by atoms with Gasteiger partial charge in [-0.2, -0.15) is 4.31 Å². The number of halogens is 1. The molecule has 0 aliphatic carbocycles. The molecule has 0 bridgehead atoms. The number of rotatable bonds is 7. The van der Waals surface area contributed by atoms with Crippen molar-refractivity contribution < 1.29 is 13.5 Å². The van der Waals surface area contributed by atoms with E-state index in [2.05, 4.69) is 0 Å². The topological polar surface area (TPSA) is 57.6 Å². The summed E-state index contributed by atoms with van der Waals surface area (Å²) in [5.74, 6) is 0.0726. The molecule has 0 amide bonds. The van der Waals surface area contributed by atoms with E-state index in [9.17, 15) is 8.42 Å². The molecule has 4 nitrogen and oxygen atoms in total. The van der Waals surface area contributed by atoms with E-state index < -0.39 is 10.0 Å². The lowest BCUT2D eigenvalue weighted by atomic mass is 10.4. The molecule has 1 aromatic rings. The summed E-state index contributed by atoms with van der Waals surface area (Å²) in [6.07, 6.45) is 0.992. The Morgan fingerprint density at radius 1 is 1.41 bits per heavy atom. The van der Waals surface area contributed by atoms with Gasteiger partial charge in [-0.05, 0) is 25.0 Å². The Hall–Kier alpha value is -0.140. The van der Waals surface area contributed by atoms with Crippen molar-refractivity contribution in [3.8, 4) is 0 Å². The highest BCUT2D eigenvalue weighted by Crippen LogP contribution is 2.23. The van der Waals surface area contributed by atoms with Gasteiger partial charge in [0.05, 0.1) is 10.1 Å². The number of unbranched alkanes of at least 4 members (excludes halogenated alkanes) is 1. The predicted octanol–water partition coefficient (Wildman–Crippen LogP) is 1.94. The number of sulfonamides is 1. The van der Waals surface area contributed by atoms with Gasteiger partial charge in [0.15, 0.2) is 0 Å². The lowest BCUT2D eigenvalue weighted by Gasteiger charge is -2.15. The fraction of sp³-hybridized carbons (Fsp3) is 0.600. The Morgan fingerprint density at radius 3 is 2.65 bits per heavy atom. The maximum Gasteiger partial charge on any atom is 0.214 e. The van der Waals surface area contributed by atoms with Crippen molar-refractivity contribution in [2.75, 3.05) is 19.4 Å². The monoisotopic (exact) mass is 297 g/mol. The molecule has 17 heavy (non-hydrogen) atoms. The maximum atomic E-state index is 11.8. The minimum atomic E-state index is -3.24. The molecule has 98 valence electrons. The third-order valence-corrected chi connectivity index (χ3v) is 5.39. The fourth-order valence-corrected chi connectivity index (χ4v) is 3.75. The molecule has 0 aliphatic rings. The average molecular weight is 298 g/mol. The van der Waals surface area contributed by atoms with Gasteiger partial charge >= 0.3 is 0 Å². The smallest absolute Gasteiger partial charge is 0.214 e. The first-order chi connectivity index (χ1) is 7.95. The number of nitrogens with zero attached hydrogens (tertiary/aromatic N) is 1. The van der Waals surface area contributed by atoms with Gasteiger partial charge in [-0.15, -0.1) is 11.3 Å². The van der Waals surface area contributed by atoms with E-state index in [0.717, 1.165) is 4.88 Å². The molecule has 0 aromatic carbocycles. The zero-order valence-corrected chi connectivity index (χ0v) is 12.0. The van der Waals surface area contributed by atoms with Gasteiger partial charge in [0, 0.05) is 25.1 Å². The number of thiophene rings is 1. The Bertz CT molecular complexity index is 444. The second-order valence-electron chi connectivity index (χ2n) is 3.71. The fourth-order valence-electron chi connectivity index (χ4n) is 1.31. The van der Waals surface area contributed by atoms with Crippen LogP contribution in [-0.4, -0.2) is 37.2 Å². The SMILES string of the molecule is CN(Cc1ccc(Cl)s1)S(=O)(=O)CCCCO. The first-order valence-electron chi connectivity index (χ1n) is 5.25. The van der Waals surface area contributed by atoms with Crippen LogP contribution in [-0.2, 0) is 16.6 Å². The van der Waals surface area contributed by atoms with E-state index in [0.29, 0.717) is 23.7 Å². The zero-order chi connectivity index (χ0) is 12.9. The van der Waals surface area contributed by atoms with Crippen LogP contribution in [0.1, 0.15) is 17.7 Å². The maximum absolute atomic E-state index is 11.8. The molecule has 0 aliphatic heterocycles. The summed E-state index contributed by atoms with van der Waals surface area (Å²) < 4.78 is 25.6. The van der Waals surface area contributed by atoms with Crippen LogP contribution in [0.5, 0.6) is 0 Å². The minimum absolute atomic E-state index is 0.0275. The van der Waals surface area contributed by atoms with Gasteiger partial charge in [-0.3, -0.25) is 0 Å². The Labute approximate surface area is 111 Å². The molecule has 7 heteroatoms. The summed E-state index contributed by atoms with van der Waals surface area (Å²) in [6, 6.07) is 3.58. The lowest BCUT2D eigenvalue weighted by Crippen LogP contribution is -2.28. The van der Waals surface area contributed by atoms with Crippen LogP contribution in [0.2, 0.25) is 4.34 Å². The molecule has 1 heterocycles. The van der Waals surface area contributed by atoms with Crippen LogP contribution in [0.25, 0.3) is 0 Å². The van der Waals surface area contributed by atoms with E-state index in [1.165, 1.54) is 15.6 Å². The summed E-state index contributed by atoms with van der Waals surface area (Å²) in [4.78, 5) is 0.920. The van der Waals surface area contributed by atoms with Crippen LogP contribution in [0.4, 0.5) is 0 Å². The van der Waals surface area contributed by atoms with E-state index in [1.54, 1.807) is 13.1 Å². The highest BCUT2D eigenvalue weighted by molar-refractivity contribution is 7.89. The second-order valence-corrected chi connectivity index (χ2v) is 7.70.